The van der Waals surface area contributed by atoms with Gasteiger partial charge >= 0.3 is 5.97 Å². The van der Waals surface area contributed by atoms with Gasteiger partial charge < -0.3 is 9.64 Å². The second kappa shape index (κ2) is 10.7. The molecule has 2 saturated heterocycles. The Labute approximate surface area is 174 Å². The molecule has 6 nitrogen and oxygen atoms in total. The van der Waals surface area contributed by atoms with Crippen LogP contribution in [0.3, 0.4) is 0 Å². The quantitative estimate of drug-likeness (QED) is 0.685. The summed E-state index contributed by atoms with van der Waals surface area (Å²) >= 11 is 0. The van der Waals surface area contributed by atoms with Gasteiger partial charge in [-0.25, -0.2) is 0 Å². The Balaban J connectivity index is 1.52. The summed E-state index contributed by atoms with van der Waals surface area (Å²) in [6, 6.07) is 10.4. The predicted octanol–water partition coefficient (Wildman–Crippen LogP) is 2.38. The third-order valence-corrected chi connectivity index (χ3v) is 6.13. The van der Waals surface area contributed by atoms with Crippen molar-refractivity contribution >= 4 is 11.9 Å². The molecule has 0 aromatic heterocycles. The van der Waals surface area contributed by atoms with Crippen LogP contribution in [0.1, 0.15) is 38.7 Å². The minimum atomic E-state index is -0.176. The van der Waals surface area contributed by atoms with Crippen LogP contribution < -0.4 is 0 Å². The Bertz CT molecular complexity index is 667. The van der Waals surface area contributed by atoms with Gasteiger partial charge in [0.05, 0.1) is 18.6 Å². The van der Waals surface area contributed by atoms with Gasteiger partial charge in [0.15, 0.2) is 0 Å². The smallest absolute Gasteiger partial charge is 0.310 e. The topological polar surface area (TPSA) is 53.1 Å². The maximum Gasteiger partial charge on any atom is 0.310 e. The molecule has 0 aliphatic carbocycles. The Kier molecular flexibility index (Phi) is 8.07. The average molecular weight is 402 g/mol. The second-order valence-corrected chi connectivity index (χ2v) is 8.20. The molecule has 2 fully saturated rings. The minimum Gasteiger partial charge on any atom is -0.466 e. The lowest BCUT2D eigenvalue weighted by Crippen LogP contribution is -2.51. The molecule has 2 heterocycles. The number of hydrogen-bond acceptors (Lipinski definition) is 5. The van der Waals surface area contributed by atoms with Crippen LogP contribution in [0.4, 0.5) is 0 Å². The number of likely N-dealkylation sites (tertiary alicyclic amines) is 1. The summed E-state index contributed by atoms with van der Waals surface area (Å²) in [4.78, 5) is 31.9. The molecule has 0 bridgehead atoms. The summed E-state index contributed by atoms with van der Waals surface area (Å²) in [5, 5.41) is 0. The minimum absolute atomic E-state index is 0.146. The first-order valence-corrected chi connectivity index (χ1v) is 11.0. The van der Waals surface area contributed by atoms with E-state index in [4.69, 9.17) is 4.74 Å². The van der Waals surface area contributed by atoms with Gasteiger partial charge in [0.1, 0.15) is 0 Å². The van der Waals surface area contributed by atoms with Crippen molar-refractivity contribution in [1.29, 1.82) is 0 Å². The molecule has 2 unspecified atom stereocenters. The van der Waals surface area contributed by atoms with E-state index in [-0.39, 0.29) is 23.8 Å². The molecule has 2 aliphatic rings. The molecule has 1 aromatic rings. The zero-order valence-corrected chi connectivity index (χ0v) is 17.9. The SMILES string of the molecule is CCOC(=O)C1CCCN(C(=O)C(C)N2CCCN(Cc3ccccc3)CC2)C1. The van der Waals surface area contributed by atoms with E-state index in [2.05, 4.69) is 34.1 Å². The highest BCUT2D eigenvalue weighted by molar-refractivity contribution is 5.82. The van der Waals surface area contributed by atoms with Gasteiger partial charge in [-0.1, -0.05) is 30.3 Å². The lowest BCUT2D eigenvalue weighted by atomic mass is 9.97. The molecule has 160 valence electrons. The number of piperidine rings is 1. The highest BCUT2D eigenvalue weighted by Gasteiger charge is 2.33. The Morgan fingerprint density at radius 3 is 2.62 bits per heavy atom. The van der Waals surface area contributed by atoms with E-state index in [1.54, 1.807) is 0 Å². The monoisotopic (exact) mass is 401 g/mol. The average Bonchev–Trinajstić information content (AvgIpc) is 2.99. The van der Waals surface area contributed by atoms with Crippen molar-refractivity contribution in [3.8, 4) is 0 Å². The fourth-order valence-electron chi connectivity index (χ4n) is 4.43. The zero-order chi connectivity index (χ0) is 20.6. The van der Waals surface area contributed by atoms with Gasteiger partial charge in [-0.3, -0.25) is 19.4 Å². The summed E-state index contributed by atoms with van der Waals surface area (Å²) in [7, 11) is 0. The molecule has 1 aromatic carbocycles. The molecule has 6 heteroatoms. The first-order chi connectivity index (χ1) is 14.1. The first kappa shape index (κ1) is 21.8. The van der Waals surface area contributed by atoms with E-state index in [0.717, 1.165) is 58.5 Å². The molecular weight excluding hydrogens is 366 g/mol. The number of benzene rings is 1. The van der Waals surface area contributed by atoms with Gasteiger partial charge in [-0.05, 0) is 45.2 Å². The van der Waals surface area contributed by atoms with E-state index >= 15 is 0 Å². The van der Waals surface area contributed by atoms with Crippen LogP contribution in [-0.4, -0.2) is 78.5 Å². The number of carbonyl (C=O) groups is 2. The maximum absolute atomic E-state index is 13.1. The van der Waals surface area contributed by atoms with Crippen molar-refractivity contribution < 1.29 is 14.3 Å². The molecule has 2 atom stereocenters. The van der Waals surface area contributed by atoms with Gasteiger partial charge in [-0.15, -0.1) is 0 Å². The fourth-order valence-corrected chi connectivity index (χ4v) is 4.43. The van der Waals surface area contributed by atoms with Crippen molar-refractivity contribution in [2.45, 2.75) is 45.7 Å². The van der Waals surface area contributed by atoms with Crippen LogP contribution in [0.2, 0.25) is 0 Å². The summed E-state index contributed by atoms with van der Waals surface area (Å²) in [5.74, 6) is -0.190. The predicted molar refractivity (Wildman–Crippen MR) is 113 cm³/mol. The normalized spacial score (nSPS) is 22.7. The molecule has 29 heavy (non-hydrogen) atoms. The molecule has 0 spiro atoms. The molecule has 3 rings (SSSR count). The molecular formula is C23H35N3O3. The molecule has 0 radical (unpaired) electrons. The van der Waals surface area contributed by atoms with Gasteiger partial charge in [0, 0.05) is 39.3 Å². The van der Waals surface area contributed by atoms with Crippen molar-refractivity contribution in [3.63, 3.8) is 0 Å². The first-order valence-electron chi connectivity index (χ1n) is 11.0. The van der Waals surface area contributed by atoms with Crippen molar-refractivity contribution in [2.75, 3.05) is 45.9 Å². The van der Waals surface area contributed by atoms with Crippen LogP contribution in [0.5, 0.6) is 0 Å². The maximum atomic E-state index is 13.1. The molecule has 0 N–H and O–H groups in total. The van der Waals surface area contributed by atoms with Crippen LogP contribution in [0.25, 0.3) is 0 Å². The number of ether oxygens (including phenoxy) is 1. The number of amides is 1. The van der Waals surface area contributed by atoms with E-state index in [1.165, 1.54) is 5.56 Å². The van der Waals surface area contributed by atoms with Gasteiger partial charge in [0.25, 0.3) is 0 Å². The number of esters is 1. The standard InChI is InChI=1S/C23H35N3O3/c1-3-29-23(28)21-11-7-13-26(18-21)22(27)19(2)25-14-8-12-24(15-16-25)17-20-9-5-4-6-10-20/h4-6,9-10,19,21H,3,7-8,11-18H2,1-2H3. The van der Waals surface area contributed by atoms with E-state index < -0.39 is 0 Å². The van der Waals surface area contributed by atoms with Crippen LogP contribution in [0.15, 0.2) is 30.3 Å². The van der Waals surface area contributed by atoms with Gasteiger partial charge in [-0.2, -0.15) is 0 Å². The van der Waals surface area contributed by atoms with E-state index in [0.29, 0.717) is 13.2 Å². The number of hydrogen-bond donors (Lipinski definition) is 0. The van der Waals surface area contributed by atoms with Gasteiger partial charge in [0.2, 0.25) is 5.91 Å². The van der Waals surface area contributed by atoms with Crippen molar-refractivity contribution in [2.24, 2.45) is 5.92 Å². The largest absolute Gasteiger partial charge is 0.466 e. The summed E-state index contributed by atoms with van der Waals surface area (Å²) in [6.45, 7) is 10.3. The van der Waals surface area contributed by atoms with Crippen LogP contribution in [0, 0.1) is 5.92 Å². The third-order valence-electron chi connectivity index (χ3n) is 6.13. The van der Waals surface area contributed by atoms with Crippen LogP contribution in [-0.2, 0) is 20.9 Å². The number of rotatable bonds is 6. The second-order valence-electron chi connectivity index (χ2n) is 8.20. The Morgan fingerprint density at radius 1 is 1.07 bits per heavy atom. The summed E-state index contributed by atoms with van der Waals surface area (Å²) in [6.07, 6.45) is 2.75. The van der Waals surface area contributed by atoms with Crippen LogP contribution >= 0.6 is 0 Å². The highest BCUT2D eigenvalue weighted by Crippen LogP contribution is 2.20. The Morgan fingerprint density at radius 2 is 1.86 bits per heavy atom. The molecule has 0 saturated carbocycles. The highest BCUT2D eigenvalue weighted by atomic mass is 16.5. The fraction of sp³-hybridized carbons (Fsp3) is 0.652. The zero-order valence-electron chi connectivity index (χ0n) is 17.9. The van der Waals surface area contributed by atoms with E-state index in [9.17, 15) is 9.59 Å². The summed E-state index contributed by atoms with van der Waals surface area (Å²) in [5.41, 5.74) is 1.34. The third kappa shape index (κ3) is 6.03. The molecule has 1 amide bonds. The van der Waals surface area contributed by atoms with Crippen molar-refractivity contribution in [3.05, 3.63) is 35.9 Å². The molecule has 2 aliphatic heterocycles. The number of nitrogens with zero attached hydrogens (tertiary/aromatic N) is 3. The van der Waals surface area contributed by atoms with E-state index in [1.807, 2.05) is 24.8 Å². The summed E-state index contributed by atoms with van der Waals surface area (Å²) < 4.78 is 5.17. The number of carbonyl (C=O) groups excluding carboxylic acids is 2. The lowest BCUT2D eigenvalue weighted by Gasteiger charge is -2.36. The lowest BCUT2D eigenvalue weighted by molar-refractivity contribution is -0.152. The Hall–Kier alpha value is -1.92. The van der Waals surface area contributed by atoms with Crippen molar-refractivity contribution in [1.82, 2.24) is 14.7 Å².